The summed E-state index contributed by atoms with van der Waals surface area (Å²) in [6, 6.07) is 0. The lowest BCUT2D eigenvalue weighted by Crippen LogP contribution is -2.29. The van der Waals surface area contributed by atoms with Crippen LogP contribution in [0.4, 0.5) is 22.0 Å². The highest BCUT2D eigenvalue weighted by molar-refractivity contribution is 9.09. The number of benzene rings is 1. The van der Waals surface area contributed by atoms with Crippen LogP contribution in [0.25, 0.3) is 0 Å². The van der Waals surface area contributed by atoms with Crippen molar-refractivity contribution in [3.05, 3.63) is 58.5 Å². The molecule has 0 heterocycles. The van der Waals surface area contributed by atoms with Crippen molar-refractivity contribution in [1.29, 1.82) is 0 Å². The van der Waals surface area contributed by atoms with E-state index in [1.165, 1.54) is 6.08 Å². The fourth-order valence-electron chi connectivity index (χ4n) is 1.64. The zero-order chi connectivity index (χ0) is 20.8. The van der Waals surface area contributed by atoms with Gasteiger partial charge in [-0.05, 0) is 25.5 Å². The standard InChI is InChI=1S/C17H15BrCl2F5NO/c1-9(3-4-11(19)17(2,20)8-18)5-6-26-27-7-10-12(21)14(23)16(25)15(24)13(10)22/h3-6,11H,7-8H2,1-2H3. The highest BCUT2D eigenvalue weighted by Gasteiger charge is 2.27. The van der Waals surface area contributed by atoms with E-state index in [2.05, 4.69) is 25.9 Å². The van der Waals surface area contributed by atoms with E-state index in [1.807, 2.05) is 0 Å². The maximum atomic E-state index is 13.4. The van der Waals surface area contributed by atoms with Gasteiger partial charge in [0, 0.05) is 5.33 Å². The van der Waals surface area contributed by atoms with Gasteiger partial charge in [0.15, 0.2) is 23.3 Å². The van der Waals surface area contributed by atoms with Crippen molar-refractivity contribution < 1.29 is 26.8 Å². The number of rotatable bonds is 8. The van der Waals surface area contributed by atoms with Gasteiger partial charge in [-0.1, -0.05) is 33.2 Å². The highest BCUT2D eigenvalue weighted by Crippen LogP contribution is 2.27. The van der Waals surface area contributed by atoms with E-state index in [9.17, 15) is 22.0 Å². The Hall–Kier alpha value is -1.12. The van der Waals surface area contributed by atoms with Gasteiger partial charge in [0.05, 0.1) is 22.0 Å². The maximum absolute atomic E-state index is 13.4. The molecule has 0 aliphatic carbocycles. The summed E-state index contributed by atoms with van der Waals surface area (Å²) in [5.74, 6) is -10.2. The molecule has 0 aliphatic rings. The first-order chi connectivity index (χ1) is 12.5. The number of oxime groups is 1. The van der Waals surface area contributed by atoms with Crippen LogP contribution in [0.15, 0.2) is 29.0 Å². The number of hydrogen-bond donors (Lipinski definition) is 0. The molecular formula is C17H15BrCl2F5NO. The summed E-state index contributed by atoms with van der Waals surface area (Å²) >= 11 is 15.6. The average Bonchev–Trinajstić information content (AvgIpc) is 2.64. The molecule has 0 spiro atoms. The smallest absolute Gasteiger partial charge is 0.200 e. The molecule has 2 nitrogen and oxygen atoms in total. The Balaban J connectivity index is 2.70. The number of allylic oxidation sites excluding steroid dienone is 4. The molecule has 0 radical (unpaired) electrons. The van der Waals surface area contributed by atoms with Crippen LogP contribution < -0.4 is 0 Å². The summed E-state index contributed by atoms with van der Waals surface area (Å²) in [6.45, 7) is 2.56. The van der Waals surface area contributed by atoms with Gasteiger partial charge in [0.1, 0.15) is 6.61 Å². The third kappa shape index (κ3) is 6.47. The van der Waals surface area contributed by atoms with E-state index >= 15 is 0 Å². The Kier molecular flexibility index (Phi) is 9.24. The largest absolute Gasteiger partial charge is 0.391 e. The second-order valence-electron chi connectivity index (χ2n) is 5.66. The lowest BCUT2D eigenvalue weighted by Gasteiger charge is -2.22. The van der Waals surface area contributed by atoms with E-state index < -0.39 is 51.5 Å². The van der Waals surface area contributed by atoms with E-state index in [4.69, 9.17) is 23.2 Å². The molecule has 2 unspecified atom stereocenters. The molecule has 27 heavy (non-hydrogen) atoms. The minimum Gasteiger partial charge on any atom is -0.391 e. The van der Waals surface area contributed by atoms with Crippen LogP contribution in [0.2, 0.25) is 0 Å². The lowest BCUT2D eigenvalue weighted by molar-refractivity contribution is 0.124. The number of nitrogens with zero attached hydrogens (tertiary/aromatic N) is 1. The molecule has 0 saturated carbocycles. The molecule has 1 rings (SSSR count). The third-order valence-corrected chi connectivity index (χ3v) is 5.94. The quantitative estimate of drug-likeness (QED) is 0.0780. The zero-order valence-corrected chi connectivity index (χ0v) is 17.3. The predicted octanol–water partition coefficient (Wildman–Crippen LogP) is 6.39. The Labute approximate surface area is 171 Å². The van der Waals surface area contributed by atoms with Gasteiger partial charge in [0.25, 0.3) is 0 Å². The van der Waals surface area contributed by atoms with Crippen LogP contribution in [0.5, 0.6) is 0 Å². The second kappa shape index (κ2) is 10.4. The minimum absolute atomic E-state index is 0.454. The average molecular weight is 495 g/mol. The van der Waals surface area contributed by atoms with Crippen molar-refractivity contribution in [2.24, 2.45) is 5.16 Å². The van der Waals surface area contributed by atoms with Gasteiger partial charge in [-0.15, -0.1) is 23.2 Å². The molecule has 2 atom stereocenters. The summed E-state index contributed by atoms with van der Waals surface area (Å²) < 4.78 is 65.9. The van der Waals surface area contributed by atoms with Crippen LogP contribution in [0, 0.1) is 29.1 Å². The van der Waals surface area contributed by atoms with Crippen molar-refractivity contribution in [2.45, 2.75) is 30.7 Å². The topological polar surface area (TPSA) is 21.6 Å². The Morgan fingerprint density at radius 2 is 1.67 bits per heavy atom. The molecule has 0 bridgehead atoms. The van der Waals surface area contributed by atoms with Gasteiger partial charge in [-0.2, -0.15) is 0 Å². The molecule has 10 heteroatoms. The first kappa shape index (κ1) is 23.9. The molecule has 0 fully saturated rings. The normalized spacial score (nSPS) is 16.1. The van der Waals surface area contributed by atoms with E-state index in [0.717, 1.165) is 6.21 Å². The summed E-state index contributed by atoms with van der Waals surface area (Å²) in [5.41, 5.74) is -0.406. The fraction of sp³-hybridized carbons (Fsp3) is 0.353. The molecule has 0 aromatic heterocycles. The van der Waals surface area contributed by atoms with E-state index in [1.54, 1.807) is 26.0 Å². The molecule has 0 aliphatic heterocycles. The van der Waals surface area contributed by atoms with E-state index in [0.29, 0.717) is 10.9 Å². The monoisotopic (exact) mass is 493 g/mol. The van der Waals surface area contributed by atoms with Gasteiger partial charge in [-0.3, -0.25) is 0 Å². The summed E-state index contributed by atoms with van der Waals surface area (Å²) in [7, 11) is 0. The van der Waals surface area contributed by atoms with Gasteiger partial charge in [0.2, 0.25) is 5.82 Å². The second-order valence-corrected chi connectivity index (χ2v) is 7.55. The number of hydrogen-bond acceptors (Lipinski definition) is 2. The van der Waals surface area contributed by atoms with Crippen molar-refractivity contribution in [3.8, 4) is 0 Å². The van der Waals surface area contributed by atoms with Gasteiger partial charge >= 0.3 is 0 Å². The Morgan fingerprint density at radius 1 is 1.15 bits per heavy atom. The zero-order valence-electron chi connectivity index (χ0n) is 14.2. The number of halogens is 8. The molecular weight excluding hydrogens is 480 g/mol. The predicted molar refractivity (Wildman–Crippen MR) is 100 cm³/mol. The Bertz CT molecular complexity index is 739. The molecule has 0 saturated heterocycles. The van der Waals surface area contributed by atoms with Crippen LogP contribution in [-0.2, 0) is 11.4 Å². The van der Waals surface area contributed by atoms with Crippen LogP contribution in [0.1, 0.15) is 19.4 Å². The third-order valence-electron chi connectivity index (χ3n) is 3.35. The summed E-state index contributed by atoms with van der Waals surface area (Å²) in [4.78, 5) is 3.91. The van der Waals surface area contributed by atoms with Crippen molar-refractivity contribution in [2.75, 3.05) is 5.33 Å². The fourth-order valence-corrected chi connectivity index (χ4v) is 2.39. The summed E-state index contributed by atoms with van der Waals surface area (Å²) in [6.07, 6.45) is 5.99. The molecule has 1 aromatic carbocycles. The molecule has 1 aromatic rings. The summed E-state index contributed by atoms with van der Waals surface area (Å²) in [5, 5.41) is 3.42. The van der Waals surface area contributed by atoms with Crippen molar-refractivity contribution >= 4 is 45.3 Å². The van der Waals surface area contributed by atoms with Gasteiger partial charge < -0.3 is 4.84 Å². The molecule has 0 N–H and O–H groups in total. The Morgan fingerprint density at radius 3 is 2.19 bits per heavy atom. The number of alkyl halides is 3. The van der Waals surface area contributed by atoms with Crippen LogP contribution >= 0.6 is 39.1 Å². The maximum Gasteiger partial charge on any atom is 0.200 e. The van der Waals surface area contributed by atoms with Crippen LogP contribution in [0.3, 0.4) is 0 Å². The SMILES string of the molecule is CC(C=CC(Cl)C(C)(Cl)CBr)=CC=NOCc1c(F)c(F)c(F)c(F)c1F. The van der Waals surface area contributed by atoms with Crippen molar-refractivity contribution in [3.63, 3.8) is 0 Å². The van der Waals surface area contributed by atoms with E-state index in [-0.39, 0.29) is 0 Å². The van der Waals surface area contributed by atoms with Crippen LogP contribution in [-0.4, -0.2) is 21.8 Å². The lowest BCUT2D eigenvalue weighted by atomic mass is 10.1. The molecule has 150 valence electrons. The first-order valence-corrected chi connectivity index (χ1v) is 9.36. The van der Waals surface area contributed by atoms with Crippen molar-refractivity contribution in [1.82, 2.24) is 0 Å². The highest BCUT2D eigenvalue weighted by atomic mass is 79.9. The van der Waals surface area contributed by atoms with Gasteiger partial charge in [-0.25, -0.2) is 22.0 Å². The first-order valence-electron chi connectivity index (χ1n) is 7.42. The molecule has 0 amide bonds. The minimum atomic E-state index is -2.23.